The molecule has 0 saturated carbocycles. The fourth-order valence-corrected chi connectivity index (χ4v) is 4.03. The summed E-state index contributed by atoms with van der Waals surface area (Å²) in [4.78, 5) is 31.7. The summed E-state index contributed by atoms with van der Waals surface area (Å²) in [6.45, 7) is 1.37. The van der Waals surface area contributed by atoms with Crippen molar-refractivity contribution in [3.05, 3.63) is 65.8 Å². The van der Waals surface area contributed by atoms with Gasteiger partial charge in [0.2, 0.25) is 5.91 Å². The molecule has 0 spiro atoms. The van der Waals surface area contributed by atoms with Gasteiger partial charge in [0.25, 0.3) is 0 Å². The van der Waals surface area contributed by atoms with Crippen LogP contribution in [0.2, 0.25) is 5.02 Å². The molecular formula is C23H25ClN6O4. The van der Waals surface area contributed by atoms with Crippen molar-refractivity contribution in [3.63, 3.8) is 0 Å². The molecular weight excluding hydrogens is 460 g/mol. The molecule has 10 nitrogen and oxygen atoms in total. The van der Waals surface area contributed by atoms with Crippen LogP contribution in [-0.4, -0.2) is 59.8 Å². The molecule has 0 bridgehead atoms. The van der Waals surface area contributed by atoms with Crippen LogP contribution < -0.4 is 20.7 Å². The van der Waals surface area contributed by atoms with E-state index in [1.54, 1.807) is 37.6 Å². The average Bonchev–Trinajstić information content (AvgIpc) is 3.34. The summed E-state index contributed by atoms with van der Waals surface area (Å²) in [5.41, 5.74) is 1.96. The molecule has 1 fully saturated rings. The van der Waals surface area contributed by atoms with Gasteiger partial charge in [0.05, 0.1) is 26.0 Å². The lowest BCUT2D eigenvalue weighted by atomic mass is 9.88. The molecule has 1 aliphatic rings. The van der Waals surface area contributed by atoms with Gasteiger partial charge in [0, 0.05) is 41.5 Å². The minimum Gasteiger partial charge on any atom is -0.495 e. The highest BCUT2D eigenvalue weighted by molar-refractivity contribution is 6.30. The fourth-order valence-electron chi connectivity index (χ4n) is 3.91. The number of anilines is 2. The first kappa shape index (κ1) is 23.5. The van der Waals surface area contributed by atoms with E-state index >= 15 is 0 Å². The Morgan fingerprint density at radius 2 is 1.97 bits per heavy atom. The highest BCUT2D eigenvalue weighted by Crippen LogP contribution is 2.27. The summed E-state index contributed by atoms with van der Waals surface area (Å²) in [7, 11) is 1.58. The van der Waals surface area contributed by atoms with E-state index in [4.69, 9.17) is 20.9 Å². The zero-order chi connectivity index (χ0) is 23.9. The third kappa shape index (κ3) is 6.24. The third-order valence-electron chi connectivity index (χ3n) is 5.57. The second-order valence-corrected chi connectivity index (χ2v) is 8.36. The van der Waals surface area contributed by atoms with Crippen molar-refractivity contribution in [3.8, 4) is 5.75 Å². The lowest BCUT2D eigenvalue weighted by Gasteiger charge is -2.38. The zero-order valence-electron chi connectivity index (χ0n) is 18.5. The number of methoxy groups -OCH3 is 1. The van der Waals surface area contributed by atoms with E-state index < -0.39 is 0 Å². The van der Waals surface area contributed by atoms with Crippen LogP contribution >= 0.6 is 11.6 Å². The van der Waals surface area contributed by atoms with Gasteiger partial charge in [-0.25, -0.2) is 4.79 Å². The van der Waals surface area contributed by atoms with Gasteiger partial charge >= 0.3 is 6.03 Å². The highest BCUT2D eigenvalue weighted by atomic mass is 35.5. The van der Waals surface area contributed by atoms with Gasteiger partial charge in [0.15, 0.2) is 0 Å². The van der Waals surface area contributed by atoms with E-state index in [9.17, 15) is 9.59 Å². The first-order valence-electron chi connectivity index (χ1n) is 10.7. The molecule has 4 rings (SSSR count). The molecule has 3 heterocycles. The Morgan fingerprint density at radius 3 is 2.65 bits per heavy atom. The first-order valence-corrected chi connectivity index (χ1v) is 11.1. The molecule has 3 N–H and O–H groups in total. The van der Waals surface area contributed by atoms with Crippen molar-refractivity contribution in [2.75, 3.05) is 37.4 Å². The molecule has 0 aliphatic carbocycles. The number of carbonyl (C=O) groups is 2. The molecule has 2 atom stereocenters. The number of piperidine rings is 1. The number of benzene rings is 1. The first-order chi connectivity index (χ1) is 16.5. The van der Waals surface area contributed by atoms with Gasteiger partial charge in [-0.2, -0.15) is 0 Å². The van der Waals surface area contributed by atoms with Gasteiger partial charge < -0.3 is 25.2 Å². The van der Waals surface area contributed by atoms with E-state index in [-0.39, 0.29) is 30.4 Å². The van der Waals surface area contributed by atoms with E-state index in [0.29, 0.717) is 41.7 Å². The zero-order valence-corrected chi connectivity index (χ0v) is 19.3. The Labute approximate surface area is 201 Å². The van der Waals surface area contributed by atoms with E-state index in [0.717, 1.165) is 5.69 Å². The number of pyridine rings is 1. The van der Waals surface area contributed by atoms with Gasteiger partial charge in [-0.05, 0) is 42.8 Å². The smallest absolute Gasteiger partial charge is 0.319 e. The Bertz CT molecular complexity index is 1090. The highest BCUT2D eigenvalue weighted by Gasteiger charge is 2.33. The summed E-state index contributed by atoms with van der Waals surface area (Å²) >= 11 is 5.92. The van der Waals surface area contributed by atoms with Crippen LogP contribution in [0.1, 0.15) is 18.0 Å². The molecule has 2 aromatic heterocycles. The standard InChI is InChI=1S/C23H25ClN6O4/c1-33-18-6-7-20(25-11-18)19-12-30(13-22(31)27-17-10-26-34-14-17)9-8-21(19)29-23(32)28-16-4-2-15(24)3-5-16/h2-7,10-11,14,19,21H,8-9,12-13H2,1H3,(H,27,31)(H2,28,29,32). The predicted octanol–water partition coefficient (Wildman–Crippen LogP) is 3.35. The summed E-state index contributed by atoms with van der Waals surface area (Å²) in [6, 6.07) is 10.1. The molecule has 2 unspecified atom stereocenters. The molecule has 1 saturated heterocycles. The van der Waals surface area contributed by atoms with Crippen LogP contribution in [0.5, 0.6) is 5.75 Å². The number of aromatic nitrogens is 2. The van der Waals surface area contributed by atoms with Crippen LogP contribution in [0, 0.1) is 0 Å². The quantitative estimate of drug-likeness (QED) is 0.470. The number of hydrogen-bond donors (Lipinski definition) is 3. The minimum absolute atomic E-state index is 0.126. The second-order valence-electron chi connectivity index (χ2n) is 7.93. The van der Waals surface area contributed by atoms with Gasteiger partial charge in [-0.1, -0.05) is 16.8 Å². The Hall–Kier alpha value is -3.63. The summed E-state index contributed by atoms with van der Waals surface area (Å²) in [6.07, 6.45) is 5.11. The molecule has 0 radical (unpaired) electrons. The minimum atomic E-state index is -0.315. The van der Waals surface area contributed by atoms with E-state index in [1.165, 1.54) is 12.5 Å². The maximum Gasteiger partial charge on any atom is 0.319 e. The summed E-state index contributed by atoms with van der Waals surface area (Å²) in [5.74, 6) is 0.352. The fraction of sp³-hybridized carbons (Fsp3) is 0.304. The van der Waals surface area contributed by atoms with Gasteiger partial charge in [0.1, 0.15) is 17.7 Å². The van der Waals surface area contributed by atoms with Crippen LogP contribution in [0.15, 0.2) is 59.6 Å². The second kappa shape index (κ2) is 11.0. The number of rotatable bonds is 7. The lowest BCUT2D eigenvalue weighted by Crippen LogP contribution is -2.52. The molecule has 1 aliphatic heterocycles. The Morgan fingerprint density at radius 1 is 1.15 bits per heavy atom. The topological polar surface area (TPSA) is 122 Å². The molecule has 11 heteroatoms. The van der Waals surface area contributed by atoms with Gasteiger partial charge in [-0.15, -0.1) is 0 Å². The number of amides is 3. The van der Waals surface area contributed by atoms with Crippen LogP contribution in [0.4, 0.5) is 16.2 Å². The van der Waals surface area contributed by atoms with Gasteiger partial charge in [-0.3, -0.25) is 14.7 Å². The van der Waals surface area contributed by atoms with Crippen molar-refractivity contribution in [2.45, 2.75) is 18.4 Å². The predicted molar refractivity (Wildman–Crippen MR) is 127 cm³/mol. The van der Waals surface area contributed by atoms with Crippen LogP contribution in [-0.2, 0) is 4.79 Å². The third-order valence-corrected chi connectivity index (χ3v) is 5.83. The number of urea groups is 1. The molecule has 178 valence electrons. The van der Waals surface area contributed by atoms with Crippen LogP contribution in [0.25, 0.3) is 0 Å². The number of likely N-dealkylation sites (tertiary alicyclic amines) is 1. The largest absolute Gasteiger partial charge is 0.495 e. The van der Waals surface area contributed by atoms with Crippen molar-refractivity contribution >= 4 is 34.9 Å². The van der Waals surface area contributed by atoms with Crippen molar-refractivity contribution in [2.24, 2.45) is 0 Å². The molecule has 3 aromatic rings. The molecule has 3 amide bonds. The summed E-state index contributed by atoms with van der Waals surface area (Å²) in [5, 5.41) is 12.8. The monoisotopic (exact) mass is 484 g/mol. The van der Waals surface area contributed by atoms with E-state index in [1.807, 2.05) is 17.0 Å². The molecule has 1 aromatic carbocycles. The number of halogens is 1. The number of nitrogens with one attached hydrogen (secondary N) is 3. The SMILES string of the molecule is COc1ccc(C2CN(CC(=O)Nc3cnoc3)CCC2NC(=O)Nc2ccc(Cl)cc2)nc1. The maximum absolute atomic E-state index is 12.7. The number of carbonyl (C=O) groups excluding carboxylic acids is 2. The number of ether oxygens (including phenoxy) is 1. The van der Waals surface area contributed by atoms with Crippen LogP contribution in [0.3, 0.4) is 0 Å². The summed E-state index contributed by atoms with van der Waals surface area (Å²) < 4.78 is 9.97. The molecule has 34 heavy (non-hydrogen) atoms. The normalized spacial score (nSPS) is 18.2. The Balaban J connectivity index is 1.43. The van der Waals surface area contributed by atoms with Crippen molar-refractivity contribution in [1.29, 1.82) is 0 Å². The Kier molecular flexibility index (Phi) is 7.61. The van der Waals surface area contributed by atoms with E-state index in [2.05, 4.69) is 26.1 Å². The maximum atomic E-state index is 12.7. The van der Waals surface area contributed by atoms with Crippen molar-refractivity contribution in [1.82, 2.24) is 20.4 Å². The number of hydrogen-bond acceptors (Lipinski definition) is 7. The average molecular weight is 485 g/mol. The lowest BCUT2D eigenvalue weighted by molar-refractivity contribution is -0.117. The van der Waals surface area contributed by atoms with Crippen molar-refractivity contribution < 1.29 is 18.8 Å². The number of nitrogens with zero attached hydrogens (tertiary/aromatic N) is 3.